The number of amides is 2. The molecule has 0 unspecified atom stereocenters. The van der Waals surface area contributed by atoms with E-state index >= 15 is 0 Å². The summed E-state index contributed by atoms with van der Waals surface area (Å²) in [6.07, 6.45) is 2.15. The van der Waals surface area contributed by atoms with Crippen LogP contribution in [0.15, 0.2) is 71.6 Å². The zero-order valence-electron chi connectivity index (χ0n) is 19.2. The Morgan fingerprint density at radius 1 is 0.941 bits per heavy atom. The smallest absolute Gasteiger partial charge is 0.314 e. The van der Waals surface area contributed by atoms with E-state index in [0.717, 1.165) is 23.1 Å². The normalized spacial score (nSPS) is 13.2. The predicted octanol–water partition coefficient (Wildman–Crippen LogP) is 4.28. The molecule has 3 aromatic rings. The third-order valence-corrected chi connectivity index (χ3v) is 7.71. The minimum atomic E-state index is -3.76. The van der Waals surface area contributed by atoms with Crippen LogP contribution < -0.4 is 14.9 Å². The molecule has 34 heavy (non-hydrogen) atoms. The topological polar surface area (TPSA) is 95.6 Å². The SMILES string of the molecule is CCc1ccccc1NC(=O)C(=O)Nc1ccc2c(c1)N(S(=O)(=O)c1ccc(C)cc1)CCC2. The number of sulfonamides is 1. The molecule has 0 atom stereocenters. The van der Waals surface area contributed by atoms with E-state index < -0.39 is 21.8 Å². The maximum absolute atomic E-state index is 13.3. The van der Waals surface area contributed by atoms with Gasteiger partial charge >= 0.3 is 11.8 Å². The van der Waals surface area contributed by atoms with E-state index in [1.807, 2.05) is 26.0 Å². The largest absolute Gasteiger partial charge is 0.318 e. The predicted molar refractivity (Wildman–Crippen MR) is 134 cm³/mol. The Bertz CT molecular complexity index is 1330. The Balaban J connectivity index is 1.56. The highest BCUT2D eigenvalue weighted by atomic mass is 32.2. The minimum absolute atomic E-state index is 0.217. The molecule has 2 amide bonds. The van der Waals surface area contributed by atoms with Gasteiger partial charge in [-0.1, -0.05) is 48.9 Å². The molecule has 2 N–H and O–H groups in total. The van der Waals surface area contributed by atoms with Gasteiger partial charge in [-0.15, -0.1) is 0 Å². The number of benzene rings is 3. The van der Waals surface area contributed by atoms with Gasteiger partial charge in [0.1, 0.15) is 0 Å². The van der Waals surface area contributed by atoms with Gasteiger partial charge in [-0.3, -0.25) is 13.9 Å². The molecule has 8 heteroatoms. The summed E-state index contributed by atoms with van der Waals surface area (Å²) in [5.41, 5.74) is 4.24. The molecule has 4 rings (SSSR count). The molecule has 7 nitrogen and oxygen atoms in total. The Labute approximate surface area is 199 Å². The molecule has 0 bridgehead atoms. The van der Waals surface area contributed by atoms with E-state index in [2.05, 4.69) is 10.6 Å². The van der Waals surface area contributed by atoms with Gasteiger partial charge in [-0.05, 0) is 67.6 Å². The first-order valence-electron chi connectivity index (χ1n) is 11.2. The van der Waals surface area contributed by atoms with Crippen LogP contribution in [0, 0.1) is 6.92 Å². The fraction of sp³-hybridized carbons (Fsp3) is 0.231. The lowest BCUT2D eigenvalue weighted by atomic mass is 10.0. The van der Waals surface area contributed by atoms with Crippen LogP contribution in [0.5, 0.6) is 0 Å². The molecule has 0 radical (unpaired) electrons. The van der Waals surface area contributed by atoms with Crippen LogP contribution in [-0.4, -0.2) is 26.8 Å². The summed E-state index contributed by atoms with van der Waals surface area (Å²) in [5.74, 6) is -1.61. The van der Waals surface area contributed by atoms with Crippen LogP contribution >= 0.6 is 0 Å². The molecule has 0 aliphatic carbocycles. The van der Waals surface area contributed by atoms with Crippen molar-refractivity contribution in [2.24, 2.45) is 0 Å². The van der Waals surface area contributed by atoms with Gasteiger partial charge in [0.15, 0.2) is 0 Å². The van der Waals surface area contributed by atoms with Crippen molar-refractivity contribution in [2.75, 3.05) is 21.5 Å². The molecule has 0 saturated heterocycles. The molecule has 0 spiro atoms. The van der Waals surface area contributed by atoms with E-state index in [4.69, 9.17) is 0 Å². The van der Waals surface area contributed by atoms with E-state index in [-0.39, 0.29) is 4.90 Å². The van der Waals surface area contributed by atoms with Gasteiger partial charge in [0, 0.05) is 17.9 Å². The number of para-hydroxylation sites is 1. The number of carbonyl (C=O) groups is 2. The Morgan fingerprint density at radius 2 is 1.65 bits per heavy atom. The fourth-order valence-electron chi connectivity index (χ4n) is 4.02. The first kappa shape index (κ1) is 23.5. The number of fused-ring (bicyclic) bond motifs is 1. The third-order valence-electron chi connectivity index (χ3n) is 5.88. The van der Waals surface area contributed by atoms with Gasteiger partial charge in [0.05, 0.1) is 10.6 Å². The van der Waals surface area contributed by atoms with Crippen LogP contribution in [0.2, 0.25) is 0 Å². The van der Waals surface area contributed by atoms with Gasteiger partial charge in [0.2, 0.25) is 0 Å². The number of anilines is 3. The number of aryl methyl sites for hydroxylation is 3. The lowest BCUT2D eigenvalue weighted by Gasteiger charge is -2.31. The van der Waals surface area contributed by atoms with Crippen molar-refractivity contribution in [3.8, 4) is 0 Å². The molecular formula is C26H27N3O4S. The fourth-order valence-corrected chi connectivity index (χ4v) is 5.56. The molecular weight excluding hydrogens is 450 g/mol. The van der Waals surface area contributed by atoms with E-state index in [1.165, 1.54) is 4.31 Å². The Morgan fingerprint density at radius 3 is 2.38 bits per heavy atom. The standard InChI is InChI=1S/C26H27N3O4S/c1-3-19-7-4-5-9-23(19)28-26(31)25(30)27-21-13-12-20-8-6-16-29(24(20)17-21)34(32,33)22-14-10-18(2)11-15-22/h4-5,7,9-15,17H,3,6,8,16H2,1-2H3,(H,27,30)(H,28,31). The quantitative estimate of drug-likeness (QED) is 0.536. The van der Waals surface area contributed by atoms with Gasteiger partial charge < -0.3 is 10.6 Å². The number of carbonyl (C=O) groups excluding carboxylic acids is 2. The van der Waals surface area contributed by atoms with E-state index in [1.54, 1.807) is 54.6 Å². The molecule has 0 aromatic heterocycles. The van der Waals surface area contributed by atoms with Crippen LogP contribution in [0.4, 0.5) is 17.1 Å². The summed E-state index contributed by atoms with van der Waals surface area (Å²) in [7, 11) is -3.76. The Hall–Kier alpha value is -3.65. The highest BCUT2D eigenvalue weighted by Crippen LogP contribution is 2.34. The second kappa shape index (κ2) is 9.69. The zero-order valence-corrected chi connectivity index (χ0v) is 20.0. The summed E-state index contributed by atoms with van der Waals surface area (Å²) in [5, 5.41) is 5.24. The maximum Gasteiger partial charge on any atom is 0.314 e. The van der Waals surface area contributed by atoms with Crippen LogP contribution in [0.25, 0.3) is 0 Å². The van der Waals surface area contributed by atoms with Crippen molar-refractivity contribution in [3.63, 3.8) is 0 Å². The maximum atomic E-state index is 13.3. The van der Waals surface area contributed by atoms with Crippen LogP contribution in [0.1, 0.15) is 30.0 Å². The average molecular weight is 478 g/mol. The van der Waals surface area contributed by atoms with Crippen molar-refractivity contribution in [1.82, 2.24) is 0 Å². The summed E-state index contributed by atoms with van der Waals surface area (Å²) in [6.45, 7) is 4.21. The van der Waals surface area contributed by atoms with Crippen molar-refractivity contribution < 1.29 is 18.0 Å². The van der Waals surface area contributed by atoms with Crippen molar-refractivity contribution in [2.45, 2.75) is 38.0 Å². The molecule has 3 aromatic carbocycles. The third kappa shape index (κ3) is 4.82. The minimum Gasteiger partial charge on any atom is -0.318 e. The number of hydrogen-bond acceptors (Lipinski definition) is 4. The van der Waals surface area contributed by atoms with Gasteiger partial charge in [-0.2, -0.15) is 0 Å². The molecule has 1 aliphatic rings. The summed E-state index contributed by atoms with van der Waals surface area (Å²) >= 11 is 0. The van der Waals surface area contributed by atoms with Crippen LogP contribution in [-0.2, 0) is 32.5 Å². The van der Waals surface area contributed by atoms with Gasteiger partial charge in [-0.25, -0.2) is 8.42 Å². The molecule has 0 fully saturated rings. The summed E-state index contributed by atoms with van der Waals surface area (Å²) in [4.78, 5) is 25.3. The summed E-state index contributed by atoms with van der Waals surface area (Å²) in [6, 6.07) is 19.1. The molecule has 1 heterocycles. The average Bonchev–Trinajstić information content (AvgIpc) is 2.84. The molecule has 0 saturated carbocycles. The second-order valence-electron chi connectivity index (χ2n) is 8.26. The van der Waals surface area contributed by atoms with E-state index in [9.17, 15) is 18.0 Å². The Kier molecular flexibility index (Phi) is 6.70. The zero-order chi connectivity index (χ0) is 24.3. The van der Waals surface area contributed by atoms with E-state index in [0.29, 0.717) is 36.4 Å². The molecule has 1 aliphatic heterocycles. The highest BCUT2D eigenvalue weighted by molar-refractivity contribution is 7.92. The highest BCUT2D eigenvalue weighted by Gasteiger charge is 2.29. The summed E-state index contributed by atoms with van der Waals surface area (Å²) < 4.78 is 28.1. The first-order valence-corrected chi connectivity index (χ1v) is 12.7. The van der Waals surface area contributed by atoms with Crippen molar-refractivity contribution in [3.05, 3.63) is 83.4 Å². The lowest BCUT2D eigenvalue weighted by molar-refractivity contribution is -0.133. The monoisotopic (exact) mass is 477 g/mol. The lowest BCUT2D eigenvalue weighted by Crippen LogP contribution is -2.35. The number of hydrogen-bond donors (Lipinski definition) is 2. The van der Waals surface area contributed by atoms with Crippen molar-refractivity contribution >= 4 is 38.9 Å². The van der Waals surface area contributed by atoms with Gasteiger partial charge in [0.25, 0.3) is 10.0 Å². The second-order valence-corrected chi connectivity index (χ2v) is 10.1. The number of rotatable bonds is 5. The van der Waals surface area contributed by atoms with Crippen molar-refractivity contribution in [1.29, 1.82) is 0 Å². The number of nitrogens with zero attached hydrogens (tertiary/aromatic N) is 1. The molecule has 176 valence electrons. The van der Waals surface area contributed by atoms with Crippen LogP contribution in [0.3, 0.4) is 0 Å². The number of nitrogens with one attached hydrogen (secondary N) is 2. The first-order chi connectivity index (χ1) is 16.3.